The van der Waals surface area contributed by atoms with Crippen molar-refractivity contribution in [3.63, 3.8) is 0 Å². The second kappa shape index (κ2) is 8.06. The van der Waals surface area contributed by atoms with Crippen molar-refractivity contribution in [2.75, 3.05) is 6.54 Å². The topological polar surface area (TPSA) is 12.0 Å². The van der Waals surface area contributed by atoms with Crippen LogP contribution in [0.4, 0.5) is 0 Å². The van der Waals surface area contributed by atoms with Gasteiger partial charge in [0.25, 0.3) is 0 Å². The van der Waals surface area contributed by atoms with Gasteiger partial charge in [0.1, 0.15) is 0 Å². The van der Waals surface area contributed by atoms with E-state index in [0.29, 0.717) is 0 Å². The molecule has 19 heavy (non-hydrogen) atoms. The Balaban J connectivity index is 1.87. The number of hydrogen-bond donors (Lipinski definition) is 1. The molecule has 3 atom stereocenters. The minimum absolute atomic E-state index is 0.775. The molecule has 108 valence electrons. The Hall–Kier alpha value is -0.340. The van der Waals surface area contributed by atoms with E-state index >= 15 is 0 Å². The van der Waals surface area contributed by atoms with Gasteiger partial charge in [-0.2, -0.15) is 11.3 Å². The van der Waals surface area contributed by atoms with E-state index in [2.05, 4.69) is 36.0 Å². The summed E-state index contributed by atoms with van der Waals surface area (Å²) in [6, 6.07) is 3.07. The van der Waals surface area contributed by atoms with E-state index < -0.39 is 0 Å². The standard InChI is InChI=1S/C17H29NS/c1-3-5-14-7-9-17(18-4-2)16(12-14)8-6-15-10-11-19-13-15/h10-11,13-14,16-18H,3-9,12H2,1-2H3. The summed E-state index contributed by atoms with van der Waals surface area (Å²) in [5.74, 6) is 1.89. The van der Waals surface area contributed by atoms with Gasteiger partial charge >= 0.3 is 0 Å². The van der Waals surface area contributed by atoms with Crippen molar-refractivity contribution >= 4 is 11.3 Å². The van der Waals surface area contributed by atoms with Gasteiger partial charge < -0.3 is 5.32 Å². The van der Waals surface area contributed by atoms with Crippen LogP contribution in [0.1, 0.15) is 57.9 Å². The maximum absolute atomic E-state index is 3.73. The lowest BCUT2D eigenvalue weighted by atomic mass is 9.74. The minimum atomic E-state index is 0.775. The summed E-state index contributed by atoms with van der Waals surface area (Å²) in [6.45, 7) is 5.70. The normalized spacial score (nSPS) is 27.6. The summed E-state index contributed by atoms with van der Waals surface area (Å²) in [4.78, 5) is 0. The molecule has 0 radical (unpaired) electrons. The van der Waals surface area contributed by atoms with Crippen LogP contribution in [-0.4, -0.2) is 12.6 Å². The minimum Gasteiger partial charge on any atom is -0.314 e. The van der Waals surface area contributed by atoms with Gasteiger partial charge in [-0.25, -0.2) is 0 Å². The molecule has 0 saturated heterocycles. The third kappa shape index (κ3) is 4.61. The molecular formula is C17H29NS. The molecule has 1 aliphatic rings. The number of nitrogens with one attached hydrogen (secondary N) is 1. The van der Waals surface area contributed by atoms with Crippen LogP contribution in [0.25, 0.3) is 0 Å². The molecule has 3 unspecified atom stereocenters. The number of rotatable bonds is 7. The quantitative estimate of drug-likeness (QED) is 0.750. The highest BCUT2D eigenvalue weighted by atomic mass is 32.1. The maximum atomic E-state index is 3.73. The molecule has 2 heteroatoms. The molecule has 1 aromatic heterocycles. The van der Waals surface area contributed by atoms with E-state index in [1.54, 1.807) is 0 Å². The molecule has 0 aliphatic heterocycles. The monoisotopic (exact) mass is 279 g/mol. The Morgan fingerprint density at radius 1 is 1.26 bits per heavy atom. The summed E-state index contributed by atoms with van der Waals surface area (Å²) in [5, 5.41) is 8.25. The predicted octanol–water partition coefficient (Wildman–Crippen LogP) is 4.88. The Kier molecular flexibility index (Phi) is 6.39. The second-order valence-electron chi connectivity index (χ2n) is 6.06. The Labute approximate surface area is 122 Å². The van der Waals surface area contributed by atoms with Gasteiger partial charge in [0.15, 0.2) is 0 Å². The molecule has 1 saturated carbocycles. The highest BCUT2D eigenvalue weighted by Gasteiger charge is 2.29. The molecule has 1 N–H and O–H groups in total. The zero-order valence-corrected chi connectivity index (χ0v) is 13.3. The lowest BCUT2D eigenvalue weighted by Crippen LogP contribution is -2.40. The molecule has 2 rings (SSSR count). The van der Waals surface area contributed by atoms with Crippen molar-refractivity contribution in [3.8, 4) is 0 Å². The summed E-state index contributed by atoms with van der Waals surface area (Å²) >= 11 is 1.83. The molecule has 0 bridgehead atoms. The van der Waals surface area contributed by atoms with E-state index in [9.17, 15) is 0 Å². The Morgan fingerprint density at radius 2 is 2.16 bits per heavy atom. The zero-order chi connectivity index (χ0) is 13.5. The van der Waals surface area contributed by atoms with Crippen LogP contribution in [0.3, 0.4) is 0 Å². The SMILES string of the molecule is CCCC1CCC(NCC)C(CCc2ccsc2)C1. The lowest BCUT2D eigenvalue weighted by molar-refractivity contribution is 0.187. The van der Waals surface area contributed by atoms with Gasteiger partial charge in [0.05, 0.1) is 0 Å². The first kappa shape index (κ1) is 15.1. The molecule has 1 fully saturated rings. The lowest BCUT2D eigenvalue weighted by Gasteiger charge is -2.37. The van der Waals surface area contributed by atoms with Crippen LogP contribution < -0.4 is 5.32 Å². The number of aryl methyl sites for hydroxylation is 1. The molecule has 0 spiro atoms. The van der Waals surface area contributed by atoms with Gasteiger partial charge in [-0.1, -0.05) is 26.7 Å². The fourth-order valence-electron chi connectivity index (χ4n) is 3.67. The van der Waals surface area contributed by atoms with E-state index in [-0.39, 0.29) is 0 Å². The molecule has 1 nitrogen and oxygen atoms in total. The van der Waals surface area contributed by atoms with Crippen LogP contribution >= 0.6 is 11.3 Å². The Morgan fingerprint density at radius 3 is 2.84 bits per heavy atom. The van der Waals surface area contributed by atoms with Crippen LogP contribution in [0.5, 0.6) is 0 Å². The summed E-state index contributed by atoms with van der Waals surface area (Å²) < 4.78 is 0. The first-order chi connectivity index (χ1) is 9.33. The van der Waals surface area contributed by atoms with Crippen molar-refractivity contribution in [2.24, 2.45) is 11.8 Å². The Bertz CT molecular complexity index is 333. The van der Waals surface area contributed by atoms with Gasteiger partial charge in [0, 0.05) is 6.04 Å². The van der Waals surface area contributed by atoms with E-state index in [4.69, 9.17) is 0 Å². The average Bonchev–Trinajstić information content (AvgIpc) is 2.92. The van der Waals surface area contributed by atoms with Gasteiger partial charge in [-0.05, 0) is 72.9 Å². The predicted molar refractivity (Wildman–Crippen MR) is 85.8 cm³/mol. The molecular weight excluding hydrogens is 250 g/mol. The van der Waals surface area contributed by atoms with Crippen LogP contribution in [0.2, 0.25) is 0 Å². The van der Waals surface area contributed by atoms with Crippen LogP contribution in [-0.2, 0) is 6.42 Å². The van der Waals surface area contributed by atoms with E-state index in [0.717, 1.165) is 24.4 Å². The molecule has 1 aliphatic carbocycles. The highest BCUT2D eigenvalue weighted by Crippen LogP contribution is 2.34. The van der Waals surface area contributed by atoms with E-state index in [1.165, 1.54) is 50.5 Å². The fraction of sp³-hybridized carbons (Fsp3) is 0.765. The smallest absolute Gasteiger partial charge is 0.00955 e. The fourth-order valence-corrected chi connectivity index (χ4v) is 4.37. The van der Waals surface area contributed by atoms with Crippen molar-refractivity contribution in [3.05, 3.63) is 22.4 Å². The third-order valence-corrected chi connectivity index (χ3v) is 5.37. The van der Waals surface area contributed by atoms with Gasteiger partial charge in [0.2, 0.25) is 0 Å². The maximum Gasteiger partial charge on any atom is 0.00955 e. The average molecular weight is 279 g/mol. The summed E-state index contributed by atoms with van der Waals surface area (Å²) in [7, 11) is 0. The van der Waals surface area contributed by atoms with Crippen LogP contribution in [0.15, 0.2) is 16.8 Å². The van der Waals surface area contributed by atoms with Crippen molar-refractivity contribution in [1.82, 2.24) is 5.32 Å². The number of thiophene rings is 1. The largest absolute Gasteiger partial charge is 0.314 e. The van der Waals surface area contributed by atoms with Gasteiger partial charge in [-0.15, -0.1) is 0 Å². The third-order valence-electron chi connectivity index (χ3n) is 4.64. The van der Waals surface area contributed by atoms with Crippen molar-refractivity contribution in [1.29, 1.82) is 0 Å². The zero-order valence-electron chi connectivity index (χ0n) is 12.5. The van der Waals surface area contributed by atoms with E-state index in [1.807, 2.05) is 11.3 Å². The van der Waals surface area contributed by atoms with Crippen molar-refractivity contribution in [2.45, 2.75) is 64.8 Å². The van der Waals surface area contributed by atoms with Crippen molar-refractivity contribution < 1.29 is 0 Å². The summed E-state index contributed by atoms with van der Waals surface area (Å²) in [6.07, 6.45) is 9.73. The molecule has 1 aromatic rings. The highest BCUT2D eigenvalue weighted by molar-refractivity contribution is 7.07. The first-order valence-corrected chi connectivity index (χ1v) is 9.02. The second-order valence-corrected chi connectivity index (χ2v) is 6.84. The van der Waals surface area contributed by atoms with Gasteiger partial charge in [-0.3, -0.25) is 0 Å². The number of hydrogen-bond acceptors (Lipinski definition) is 2. The molecule has 0 amide bonds. The molecule has 1 heterocycles. The van der Waals surface area contributed by atoms with Crippen LogP contribution in [0, 0.1) is 11.8 Å². The first-order valence-electron chi connectivity index (χ1n) is 8.07. The molecule has 0 aromatic carbocycles. The summed E-state index contributed by atoms with van der Waals surface area (Å²) in [5.41, 5.74) is 1.54.